The maximum atomic E-state index is 12.6. The van der Waals surface area contributed by atoms with Gasteiger partial charge in [-0.2, -0.15) is 5.10 Å². The van der Waals surface area contributed by atoms with Crippen LogP contribution >= 0.6 is 23.2 Å². The molecule has 0 atom stereocenters. The fourth-order valence-electron chi connectivity index (χ4n) is 2.94. The Kier molecular flexibility index (Phi) is 8.98. The fourth-order valence-corrected chi connectivity index (χ4v) is 3.31. The van der Waals surface area contributed by atoms with E-state index in [1.165, 1.54) is 6.21 Å². The van der Waals surface area contributed by atoms with Gasteiger partial charge in [-0.3, -0.25) is 4.79 Å². The molecule has 0 radical (unpaired) electrons. The Morgan fingerprint density at radius 2 is 1.64 bits per heavy atom. The molecule has 0 aromatic heterocycles. The zero-order valence-electron chi connectivity index (χ0n) is 18.3. The van der Waals surface area contributed by atoms with Crippen molar-refractivity contribution in [3.63, 3.8) is 0 Å². The highest BCUT2D eigenvalue weighted by atomic mass is 35.5. The van der Waals surface area contributed by atoms with Crippen molar-refractivity contribution in [2.45, 2.75) is 20.5 Å². The fraction of sp³-hybridized carbons (Fsp3) is 0.200. The third kappa shape index (κ3) is 6.88. The number of carbonyl (C=O) groups is 1. The topological polar surface area (TPSA) is 69.2 Å². The summed E-state index contributed by atoms with van der Waals surface area (Å²) in [5, 5.41) is 5.20. The molecular weight excluding hydrogens is 463 g/mol. The van der Waals surface area contributed by atoms with Crippen molar-refractivity contribution in [2.24, 2.45) is 5.10 Å². The second-order valence-corrected chi connectivity index (χ2v) is 7.63. The highest BCUT2D eigenvalue weighted by Crippen LogP contribution is 2.28. The van der Waals surface area contributed by atoms with Crippen LogP contribution in [0.1, 0.15) is 35.3 Å². The second-order valence-electron chi connectivity index (χ2n) is 6.79. The van der Waals surface area contributed by atoms with Gasteiger partial charge in [0.2, 0.25) is 0 Å². The molecule has 3 aromatic rings. The van der Waals surface area contributed by atoms with Gasteiger partial charge in [-0.05, 0) is 56.3 Å². The van der Waals surface area contributed by atoms with E-state index >= 15 is 0 Å². The number of carbonyl (C=O) groups excluding carboxylic acids is 1. The summed E-state index contributed by atoms with van der Waals surface area (Å²) in [5.74, 6) is 1.24. The van der Waals surface area contributed by atoms with E-state index in [0.717, 1.165) is 5.56 Å². The molecule has 0 heterocycles. The van der Waals surface area contributed by atoms with E-state index in [1.807, 2.05) is 32.0 Å². The van der Waals surface area contributed by atoms with Crippen molar-refractivity contribution in [2.75, 3.05) is 13.2 Å². The normalized spacial score (nSPS) is 10.8. The van der Waals surface area contributed by atoms with E-state index in [0.29, 0.717) is 51.6 Å². The average Bonchev–Trinajstić information content (AvgIpc) is 2.81. The molecule has 0 saturated heterocycles. The zero-order valence-corrected chi connectivity index (χ0v) is 19.8. The van der Waals surface area contributed by atoms with Crippen LogP contribution in [-0.4, -0.2) is 25.3 Å². The summed E-state index contributed by atoms with van der Waals surface area (Å²) in [7, 11) is 0. The van der Waals surface area contributed by atoms with Crippen LogP contribution in [0.5, 0.6) is 17.2 Å². The van der Waals surface area contributed by atoms with Gasteiger partial charge in [0.1, 0.15) is 12.4 Å². The van der Waals surface area contributed by atoms with Crippen molar-refractivity contribution in [1.29, 1.82) is 0 Å². The van der Waals surface area contributed by atoms with Gasteiger partial charge in [0, 0.05) is 26.7 Å². The Morgan fingerprint density at radius 1 is 0.909 bits per heavy atom. The van der Waals surface area contributed by atoms with Crippen LogP contribution in [0.15, 0.2) is 65.8 Å². The van der Waals surface area contributed by atoms with Crippen molar-refractivity contribution in [1.82, 2.24) is 5.43 Å². The maximum absolute atomic E-state index is 12.6. The van der Waals surface area contributed by atoms with Gasteiger partial charge in [-0.15, -0.1) is 0 Å². The van der Waals surface area contributed by atoms with Gasteiger partial charge in [0.15, 0.2) is 11.5 Å². The van der Waals surface area contributed by atoms with Gasteiger partial charge in [0.25, 0.3) is 5.91 Å². The molecule has 1 amide bonds. The minimum atomic E-state index is -0.393. The molecule has 6 nitrogen and oxygen atoms in total. The number of amides is 1. The highest BCUT2D eigenvalue weighted by Gasteiger charge is 2.11. The number of hydrazone groups is 1. The number of ether oxygens (including phenoxy) is 3. The first kappa shape index (κ1) is 24.4. The highest BCUT2D eigenvalue weighted by molar-refractivity contribution is 6.31. The summed E-state index contributed by atoms with van der Waals surface area (Å²) in [6.07, 6.45) is 1.48. The number of rotatable bonds is 10. The minimum absolute atomic E-state index is 0.279. The summed E-state index contributed by atoms with van der Waals surface area (Å²) >= 11 is 12.3. The predicted molar refractivity (Wildman–Crippen MR) is 131 cm³/mol. The summed E-state index contributed by atoms with van der Waals surface area (Å²) < 4.78 is 17.0. The Bertz CT molecular complexity index is 1140. The van der Waals surface area contributed by atoms with Crippen LogP contribution in [0.25, 0.3) is 0 Å². The number of halogens is 2. The van der Waals surface area contributed by atoms with Gasteiger partial charge in [0.05, 0.1) is 19.4 Å². The third-order valence-corrected chi connectivity index (χ3v) is 5.09. The predicted octanol–water partition coefficient (Wildman–Crippen LogP) is 6.13. The molecule has 0 bridgehead atoms. The van der Waals surface area contributed by atoms with E-state index in [1.54, 1.807) is 42.5 Å². The van der Waals surface area contributed by atoms with Gasteiger partial charge in [-0.25, -0.2) is 5.43 Å². The Morgan fingerprint density at radius 3 is 2.39 bits per heavy atom. The van der Waals surface area contributed by atoms with Crippen LogP contribution in [0.2, 0.25) is 10.0 Å². The lowest BCUT2D eigenvalue weighted by Crippen LogP contribution is -2.18. The Hall–Kier alpha value is -3.22. The number of nitrogens with zero attached hydrogens (tertiary/aromatic N) is 1. The quantitative estimate of drug-likeness (QED) is 0.276. The maximum Gasteiger partial charge on any atom is 0.271 e. The lowest BCUT2D eigenvalue weighted by Gasteiger charge is -2.12. The SMILES string of the molecule is CCOc1ccc(C(=O)N/N=C/c2cc(Cl)ccc2OCc2ccccc2Cl)cc1OCC. The van der Waals surface area contributed by atoms with E-state index in [4.69, 9.17) is 37.4 Å². The van der Waals surface area contributed by atoms with Gasteiger partial charge < -0.3 is 14.2 Å². The average molecular weight is 487 g/mol. The molecule has 8 heteroatoms. The monoisotopic (exact) mass is 486 g/mol. The van der Waals surface area contributed by atoms with Crippen LogP contribution in [0, 0.1) is 0 Å². The molecular formula is C25H24Cl2N2O4. The third-order valence-electron chi connectivity index (χ3n) is 4.49. The molecule has 33 heavy (non-hydrogen) atoms. The van der Waals surface area contributed by atoms with Crippen LogP contribution in [0.4, 0.5) is 0 Å². The molecule has 3 aromatic carbocycles. The first-order valence-corrected chi connectivity index (χ1v) is 11.2. The first-order chi connectivity index (χ1) is 16.0. The van der Waals surface area contributed by atoms with E-state index in [-0.39, 0.29) is 6.61 Å². The molecule has 0 aliphatic rings. The van der Waals surface area contributed by atoms with E-state index in [2.05, 4.69) is 10.5 Å². The van der Waals surface area contributed by atoms with Gasteiger partial charge >= 0.3 is 0 Å². The molecule has 1 N–H and O–H groups in total. The molecule has 0 unspecified atom stereocenters. The van der Waals surface area contributed by atoms with Crippen molar-refractivity contribution >= 4 is 35.3 Å². The van der Waals surface area contributed by atoms with Crippen molar-refractivity contribution < 1.29 is 19.0 Å². The van der Waals surface area contributed by atoms with Crippen molar-refractivity contribution in [3.05, 3.63) is 87.4 Å². The summed E-state index contributed by atoms with van der Waals surface area (Å²) in [5.41, 5.74) is 4.36. The lowest BCUT2D eigenvalue weighted by molar-refractivity contribution is 0.0954. The molecule has 0 fully saturated rings. The lowest BCUT2D eigenvalue weighted by atomic mass is 10.2. The zero-order chi connectivity index (χ0) is 23.6. The Balaban J connectivity index is 1.70. The van der Waals surface area contributed by atoms with E-state index in [9.17, 15) is 4.79 Å². The minimum Gasteiger partial charge on any atom is -0.490 e. The van der Waals surface area contributed by atoms with Gasteiger partial charge in [-0.1, -0.05) is 41.4 Å². The van der Waals surface area contributed by atoms with Crippen molar-refractivity contribution in [3.8, 4) is 17.2 Å². The largest absolute Gasteiger partial charge is 0.490 e. The van der Waals surface area contributed by atoms with E-state index < -0.39 is 5.91 Å². The standard InChI is InChI=1S/C25H24Cl2N2O4/c1-3-31-23-11-9-17(14-24(23)32-4-2)25(30)29-28-15-19-13-20(26)10-12-22(19)33-16-18-7-5-6-8-21(18)27/h5-15H,3-4,16H2,1-2H3,(H,29,30)/b28-15+. The second kappa shape index (κ2) is 12.1. The smallest absolute Gasteiger partial charge is 0.271 e. The summed E-state index contributed by atoms with van der Waals surface area (Å²) in [6.45, 7) is 4.98. The number of benzene rings is 3. The molecule has 0 saturated carbocycles. The number of hydrogen-bond acceptors (Lipinski definition) is 5. The van der Waals surface area contributed by atoms with Crippen LogP contribution in [-0.2, 0) is 6.61 Å². The first-order valence-electron chi connectivity index (χ1n) is 10.4. The summed E-state index contributed by atoms with van der Waals surface area (Å²) in [6, 6.07) is 17.6. The van der Waals surface area contributed by atoms with Crippen LogP contribution < -0.4 is 19.6 Å². The molecule has 0 aliphatic heterocycles. The molecule has 3 rings (SSSR count). The molecule has 172 valence electrons. The Labute approximate surface area is 203 Å². The number of nitrogens with one attached hydrogen (secondary N) is 1. The number of hydrogen-bond donors (Lipinski definition) is 1. The molecule has 0 spiro atoms. The summed E-state index contributed by atoms with van der Waals surface area (Å²) in [4.78, 5) is 12.6. The van der Waals surface area contributed by atoms with Crippen LogP contribution in [0.3, 0.4) is 0 Å². The molecule has 0 aliphatic carbocycles.